The van der Waals surface area contributed by atoms with E-state index in [9.17, 15) is 0 Å². The molecule has 0 spiro atoms. The Morgan fingerprint density at radius 3 is 2.40 bits per heavy atom. The number of benzene rings is 2. The van der Waals surface area contributed by atoms with Crippen LogP contribution in [-0.4, -0.2) is 14.1 Å². The van der Waals surface area contributed by atoms with Gasteiger partial charge in [-0.25, -0.2) is 0 Å². The van der Waals surface area contributed by atoms with Crippen LogP contribution in [0, 0.1) is 13.8 Å². The lowest BCUT2D eigenvalue weighted by atomic mass is 10.1. The van der Waals surface area contributed by atoms with Crippen molar-refractivity contribution < 1.29 is 4.42 Å². The third-order valence-electron chi connectivity index (χ3n) is 3.63. The van der Waals surface area contributed by atoms with Crippen molar-refractivity contribution in [2.45, 2.75) is 13.8 Å². The molecule has 0 bridgehead atoms. The maximum absolute atomic E-state index is 5.95. The quantitative estimate of drug-likeness (QED) is 0.663. The van der Waals surface area contributed by atoms with E-state index in [1.165, 1.54) is 16.8 Å². The fourth-order valence-electron chi connectivity index (χ4n) is 2.62. The van der Waals surface area contributed by atoms with Gasteiger partial charge in [-0.3, -0.25) is 0 Å². The molecule has 102 valence electrons. The first kappa shape index (κ1) is 12.8. The highest BCUT2D eigenvalue weighted by atomic mass is 16.3. The van der Waals surface area contributed by atoms with Gasteiger partial charge in [0.2, 0.25) is 0 Å². The van der Waals surface area contributed by atoms with Crippen molar-refractivity contribution in [1.82, 2.24) is 0 Å². The molecule has 1 aromatic heterocycles. The highest BCUT2D eigenvalue weighted by Crippen LogP contribution is 2.31. The van der Waals surface area contributed by atoms with Crippen LogP contribution in [0.4, 0.5) is 5.69 Å². The summed E-state index contributed by atoms with van der Waals surface area (Å²) in [6, 6.07) is 14.8. The van der Waals surface area contributed by atoms with Crippen LogP contribution in [0.3, 0.4) is 0 Å². The first-order chi connectivity index (χ1) is 9.54. The van der Waals surface area contributed by atoms with Crippen LogP contribution in [0.15, 0.2) is 46.9 Å². The summed E-state index contributed by atoms with van der Waals surface area (Å²) in [5.41, 5.74) is 5.82. The summed E-state index contributed by atoms with van der Waals surface area (Å²) in [6.07, 6.45) is 0. The van der Waals surface area contributed by atoms with Crippen molar-refractivity contribution in [2.75, 3.05) is 19.0 Å². The first-order valence-corrected chi connectivity index (χ1v) is 6.83. The molecule has 0 aliphatic carbocycles. The number of hydrogen-bond donors (Lipinski definition) is 0. The van der Waals surface area contributed by atoms with Gasteiger partial charge < -0.3 is 9.32 Å². The van der Waals surface area contributed by atoms with Crippen LogP contribution in [0.1, 0.15) is 11.1 Å². The highest BCUT2D eigenvalue weighted by molar-refractivity contribution is 5.83. The molecule has 0 radical (unpaired) electrons. The van der Waals surface area contributed by atoms with Gasteiger partial charge in [-0.1, -0.05) is 11.6 Å². The molecule has 0 saturated carbocycles. The zero-order valence-corrected chi connectivity index (χ0v) is 12.4. The molecular weight excluding hydrogens is 246 g/mol. The molecule has 3 rings (SSSR count). The minimum atomic E-state index is 0.930. The zero-order valence-electron chi connectivity index (χ0n) is 12.4. The van der Waals surface area contributed by atoms with Crippen LogP contribution >= 0.6 is 0 Å². The molecular formula is C18H19NO. The summed E-state index contributed by atoms with van der Waals surface area (Å²) < 4.78 is 5.95. The Morgan fingerprint density at radius 1 is 0.900 bits per heavy atom. The van der Waals surface area contributed by atoms with Crippen LogP contribution in [0.25, 0.3) is 22.3 Å². The van der Waals surface area contributed by atoms with E-state index in [-0.39, 0.29) is 0 Å². The highest BCUT2D eigenvalue weighted by Gasteiger charge is 2.08. The van der Waals surface area contributed by atoms with Gasteiger partial charge in [0.25, 0.3) is 0 Å². The van der Waals surface area contributed by atoms with E-state index < -0.39 is 0 Å². The summed E-state index contributed by atoms with van der Waals surface area (Å²) in [5, 5.41) is 1.16. The van der Waals surface area contributed by atoms with E-state index in [2.05, 4.69) is 69.2 Å². The van der Waals surface area contributed by atoms with Crippen LogP contribution in [0.5, 0.6) is 0 Å². The van der Waals surface area contributed by atoms with E-state index in [1.54, 1.807) is 0 Å². The number of fused-ring (bicyclic) bond motifs is 1. The Kier molecular flexibility index (Phi) is 3.01. The van der Waals surface area contributed by atoms with Crippen LogP contribution in [-0.2, 0) is 0 Å². The second kappa shape index (κ2) is 4.71. The lowest BCUT2D eigenvalue weighted by molar-refractivity contribution is 0.631. The standard InChI is InChI=1S/C18H19NO/c1-12-5-8-17-15(9-12)11-18(20-17)14-6-7-16(19(3)4)13(2)10-14/h5-11H,1-4H3. The molecule has 2 heteroatoms. The van der Waals surface area contributed by atoms with Crippen molar-refractivity contribution >= 4 is 16.7 Å². The van der Waals surface area contributed by atoms with Crippen molar-refractivity contribution in [3.05, 3.63) is 53.6 Å². The summed E-state index contributed by atoms with van der Waals surface area (Å²) >= 11 is 0. The van der Waals surface area contributed by atoms with Crippen molar-refractivity contribution in [3.63, 3.8) is 0 Å². The molecule has 20 heavy (non-hydrogen) atoms. The van der Waals surface area contributed by atoms with Crippen molar-refractivity contribution in [3.8, 4) is 11.3 Å². The largest absolute Gasteiger partial charge is 0.456 e. The van der Waals surface area contributed by atoms with E-state index >= 15 is 0 Å². The maximum Gasteiger partial charge on any atom is 0.135 e. The van der Waals surface area contributed by atoms with E-state index in [0.29, 0.717) is 0 Å². The van der Waals surface area contributed by atoms with Gasteiger partial charge in [0, 0.05) is 30.7 Å². The van der Waals surface area contributed by atoms with Crippen LogP contribution < -0.4 is 4.90 Å². The summed E-state index contributed by atoms with van der Waals surface area (Å²) in [5.74, 6) is 0.930. The molecule has 2 aromatic carbocycles. The summed E-state index contributed by atoms with van der Waals surface area (Å²) in [6.45, 7) is 4.23. The van der Waals surface area contributed by atoms with Gasteiger partial charge in [-0.15, -0.1) is 0 Å². The van der Waals surface area contributed by atoms with E-state index in [0.717, 1.165) is 22.3 Å². The van der Waals surface area contributed by atoms with Gasteiger partial charge in [0.15, 0.2) is 0 Å². The Hall–Kier alpha value is -2.22. The Balaban J connectivity index is 2.08. The lowest BCUT2D eigenvalue weighted by Crippen LogP contribution is -2.09. The molecule has 0 fully saturated rings. The Labute approximate surface area is 119 Å². The average molecular weight is 265 g/mol. The Morgan fingerprint density at radius 2 is 1.70 bits per heavy atom. The van der Waals surface area contributed by atoms with Crippen molar-refractivity contribution in [1.29, 1.82) is 0 Å². The van der Waals surface area contributed by atoms with E-state index in [1.807, 2.05) is 6.07 Å². The topological polar surface area (TPSA) is 16.4 Å². The van der Waals surface area contributed by atoms with Gasteiger partial charge in [0.05, 0.1) is 0 Å². The van der Waals surface area contributed by atoms with Gasteiger partial charge >= 0.3 is 0 Å². The Bertz CT molecular complexity index is 768. The molecule has 3 aromatic rings. The van der Waals surface area contributed by atoms with Crippen molar-refractivity contribution in [2.24, 2.45) is 0 Å². The monoisotopic (exact) mass is 265 g/mol. The van der Waals surface area contributed by atoms with Gasteiger partial charge in [0.1, 0.15) is 11.3 Å². The van der Waals surface area contributed by atoms with Gasteiger partial charge in [-0.2, -0.15) is 0 Å². The predicted molar refractivity (Wildman–Crippen MR) is 85.5 cm³/mol. The molecule has 0 amide bonds. The number of hydrogen-bond acceptors (Lipinski definition) is 2. The smallest absolute Gasteiger partial charge is 0.135 e. The third kappa shape index (κ3) is 2.18. The molecule has 0 N–H and O–H groups in total. The molecule has 2 nitrogen and oxygen atoms in total. The molecule has 0 aliphatic rings. The molecule has 0 unspecified atom stereocenters. The number of furan rings is 1. The predicted octanol–water partition coefficient (Wildman–Crippen LogP) is 4.78. The van der Waals surface area contributed by atoms with E-state index in [4.69, 9.17) is 4.42 Å². The first-order valence-electron chi connectivity index (χ1n) is 6.83. The maximum atomic E-state index is 5.95. The molecule has 0 atom stereocenters. The fourth-order valence-corrected chi connectivity index (χ4v) is 2.62. The minimum absolute atomic E-state index is 0.930. The molecule has 0 aliphatic heterocycles. The second-order valence-electron chi connectivity index (χ2n) is 5.55. The summed E-state index contributed by atoms with van der Waals surface area (Å²) in [4.78, 5) is 2.13. The number of anilines is 1. The second-order valence-corrected chi connectivity index (χ2v) is 5.55. The molecule has 1 heterocycles. The lowest BCUT2D eigenvalue weighted by Gasteiger charge is -2.15. The minimum Gasteiger partial charge on any atom is -0.456 e. The number of aryl methyl sites for hydroxylation is 2. The zero-order chi connectivity index (χ0) is 14.3. The normalized spacial score (nSPS) is 11.0. The SMILES string of the molecule is Cc1ccc2oc(-c3ccc(N(C)C)c(C)c3)cc2c1. The summed E-state index contributed by atoms with van der Waals surface area (Å²) in [7, 11) is 4.12. The van der Waals surface area contributed by atoms with Gasteiger partial charge in [-0.05, 0) is 55.8 Å². The third-order valence-corrected chi connectivity index (χ3v) is 3.63. The number of rotatable bonds is 2. The average Bonchev–Trinajstić information content (AvgIpc) is 2.81. The number of nitrogens with zero attached hydrogens (tertiary/aromatic N) is 1. The van der Waals surface area contributed by atoms with Crippen LogP contribution in [0.2, 0.25) is 0 Å². The molecule has 0 saturated heterocycles. The fraction of sp³-hybridized carbons (Fsp3) is 0.222.